The zero-order valence-corrected chi connectivity index (χ0v) is 27.8. The van der Waals surface area contributed by atoms with Crippen LogP contribution in [0.1, 0.15) is 50.7 Å². The summed E-state index contributed by atoms with van der Waals surface area (Å²) in [5, 5.41) is 14.9. The maximum atomic E-state index is 13.3. The van der Waals surface area contributed by atoms with E-state index >= 15 is 0 Å². The van der Waals surface area contributed by atoms with Crippen molar-refractivity contribution >= 4 is 21.9 Å². The van der Waals surface area contributed by atoms with Gasteiger partial charge >= 0.3 is 51.4 Å². The fraction of sp³-hybridized carbons (Fsp3) is 0.500. The number of ether oxygens (including phenoxy) is 2. The number of para-hydroxylation sites is 1. The molecule has 9 nitrogen and oxygen atoms in total. The van der Waals surface area contributed by atoms with Gasteiger partial charge in [-0.1, -0.05) is 43.7 Å². The number of aryl methyl sites for hydroxylation is 2. The normalized spacial score (nSPS) is 12.1. The molecule has 0 aliphatic heterocycles. The zero-order valence-electron chi connectivity index (χ0n) is 23.9. The van der Waals surface area contributed by atoms with Gasteiger partial charge in [0.15, 0.2) is 11.5 Å². The molecule has 1 N–H and O–H groups in total. The molecule has 0 radical (unpaired) electrons. The fourth-order valence-corrected chi connectivity index (χ4v) is 5.93. The molecule has 0 saturated carbocycles. The summed E-state index contributed by atoms with van der Waals surface area (Å²) in [6, 6.07) is 10.5. The van der Waals surface area contributed by atoms with Crippen LogP contribution in [0, 0.1) is 12.8 Å². The van der Waals surface area contributed by atoms with Gasteiger partial charge in [-0.15, -0.1) is 0 Å². The van der Waals surface area contributed by atoms with Crippen LogP contribution in [0.5, 0.6) is 11.5 Å². The Morgan fingerprint density at radius 1 is 1.03 bits per heavy atom. The van der Waals surface area contributed by atoms with E-state index in [1.165, 1.54) is 12.1 Å². The SMILES string of the molecule is COc1cccc(CCC(=O)NCCCC[C@@H](C(=O)[O-])N(CC(C)C)S(=O)(=O)c2ccc(C)cc2)c1OC.[K+]. The predicted molar refractivity (Wildman–Crippen MR) is 143 cm³/mol. The van der Waals surface area contributed by atoms with Crippen molar-refractivity contribution in [3.8, 4) is 11.5 Å². The van der Waals surface area contributed by atoms with Crippen LogP contribution in [0.2, 0.25) is 0 Å². The molecule has 0 aliphatic carbocycles. The largest absolute Gasteiger partial charge is 1.00 e. The number of benzene rings is 2. The van der Waals surface area contributed by atoms with Crippen molar-refractivity contribution in [2.24, 2.45) is 5.92 Å². The number of carboxylic acids is 1. The van der Waals surface area contributed by atoms with E-state index in [4.69, 9.17) is 9.47 Å². The van der Waals surface area contributed by atoms with Crippen molar-refractivity contribution in [1.29, 1.82) is 0 Å². The van der Waals surface area contributed by atoms with E-state index in [-0.39, 0.29) is 87.5 Å². The number of nitrogens with one attached hydrogen (secondary N) is 1. The second-order valence-corrected chi connectivity index (χ2v) is 11.5. The minimum Gasteiger partial charge on any atom is -0.548 e. The average molecular weight is 587 g/mol. The first kappa shape index (κ1) is 35.6. The Kier molecular flexibility index (Phi) is 15.8. The molecular weight excluding hydrogens is 547 g/mol. The molecule has 0 aromatic heterocycles. The van der Waals surface area contributed by atoms with E-state index in [9.17, 15) is 23.1 Å². The number of nitrogens with zero attached hydrogens (tertiary/aromatic N) is 1. The van der Waals surface area contributed by atoms with Crippen molar-refractivity contribution in [3.63, 3.8) is 0 Å². The summed E-state index contributed by atoms with van der Waals surface area (Å²) in [5.74, 6) is -0.460. The first-order valence-electron chi connectivity index (χ1n) is 12.8. The molecule has 0 aliphatic rings. The van der Waals surface area contributed by atoms with E-state index in [0.717, 1.165) is 15.4 Å². The number of rotatable bonds is 16. The molecule has 0 spiro atoms. The van der Waals surface area contributed by atoms with Crippen molar-refractivity contribution < 1.29 is 84.0 Å². The Bertz CT molecular complexity index is 1170. The molecule has 0 unspecified atom stereocenters. The Morgan fingerprint density at radius 2 is 1.69 bits per heavy atom. The Hall–Kier alpha value is -1.47. The van der Waals surface area contributed by atoms with Crippen LogP contribution in [0.15, 0.2) is 47.4 Å². The minimum absolute atomic E-state index is 0. The van der Waals surface area contributed by atoms with Gasteiger partial charge in [0.05, 0.1) is 31.1 Å². The van der Waals surface area contributed by atoms with Crippen LogP contribution in [0.25, 0.3) is 0 Å². The van der Waals surface area contributed by atoms with Gasteiger partial charge in [-0.05, 0) is 62.3 Å². The van der Waals surface area contributed by atoms with Gasteiger partial charge in [0.2, 0.25) is 15.9 Å². The summed E-state index contributed by atoms with van der Waals surface area (Å²) in [6.07, 6.45) is 1.71. The number of hydrogen-bond donors (Lipinski definition) is 1. The molecule has 0 fully saturated rings. The molecule has 2 aromatic carbocycles. The molecule has 210 valence electrons. The second kappa shape index (κ2) is 17.4. The number of aliphatic carboxylic acids is 1. The van der Waals surface area contributed by atoms with Crippen molar-refractivity contribution in [3.05, 3.63) is 53.6 Å². The number of sulfonamides is 1. The molecule has 0 heterocycles. The quantitative estimate of drug-likeness (QED) is 0.212. The first-order valence-corrected chi connectivity index (χ1v) is 14.2. The third kappa shape index (κ3) is 10.8. The number of carboxylic acid groups (broad SMARTS) is 1. The first-order chi connectivity index (χ1) is 18.0. The molecule has 1 amide bonds. The van der Waals surface area contributed by atoms with Gasteiger partial charge in [-0.2, -0.15) is 4.31 Å². The molecule has 2 aromatic rings. The van der Waals surface area contributed by atoms with Gasteiger partial charge in [0.1, 0.15) is 0 Å². The second-order valence-electron chi connectivity index (χ2n) is 9.61. The Morgan fingerprint density at radius 3 is 2.26 bits per heavy atom. The van der Waals surface area contributed by atoms with E-state index < -0.39 is 22.0 Å². The van der Waals surface area contributed by atoms with Gasteiger partial charge < -0.3 is 24.7 Å². The number of amides is 1. The Balaban J connectivity index is 0.00000760. The summed E-state index contributed by atoms with van der Waals surface area (Å²) in [6.45, 7) is 5.92. The zero-order chi connectivity index (χ0) is 28.3. The fourth-order valence-electron chi connectivity index (χ4n) is 4.16. The van der Waals surface area contributed by atoms with Crippen LogP contribution < -0.4 is 71.3 Å². The van der Waals surface area contributed by atoms with E-state index in [0.29, 0.717) is 37.3 Å². The monoisotopic (exact) mass is 586 g/mol. The maximum absolute atomic E-state index is 13.3. The summed E-state index contributed by atoms with van der Waals surface area (Å²) >= 11 is 0. The van der Waals surface area contributed by atoms with Crippen molar-refractivity contribution in [1.82, 2.24) is 9.62 Å². The molecule has 0 bridgehead atoms. The van der Waals surface area contributed by atoms with Gasteiger partial charge in [-0.3, -0.25) is 4.79 Å². The van der Waals surface area contributed by atoms with E-state index in [1.807, 2.05) is 32.9 Å². The Labute approximate surface area is 275 Å². The van der Waals surface area contributed by atoms with Crippen molar-refractivity contribution in [2.75, 3.05) is 27.3 Å². The van der Waals surface area contributed by atoms with Gasteiger partial charge in [0.25, 0.3) is 0 Å². The van der Waals surface area contributed by atoms with E-state index in [2.05, 4.69) is 5.32 Å². The minimum atomic E-state index is -4.03. The van der Waals surface area contributed by atoms with Gasteiger partial charge in [0, 0.05) is 19.5 Å². The van der Waals surface area contributed by atoms with Gasteiger partial charge in [-0.25, -0.2) is 8.42 Å². The van der Waals surface area contributed by atoms with Crippen molar-refractivity contribution in [2.45, 2.75) is 63.8 Å². The molecule has 1 atom stereocenters. The predicted octanol–water partition coefficient (Wildman–Crippen LogP) is -0.299. The average Bonchev–Trinajstić information content (AvgIpc) is 2.87. The molecular formula is C28H39KN2O7S. The summed E-state index contributed by atoms with van der Waals surface area (Å²) in [4.78, 5) is 24.4. The van der Waals surface area contributed by atoms with Crippen LogP contribution >= 0.6 is 0 Å². The number of unbranched alkanes of at least 4 members (excludes halogenated alkanes) is 1. The molecule has 39 heavy (non-hydrogen) atoms. The standard InChI is InChI=1S/C28H40N2O7S.K/c1-20(2)19-30(38(34,35)23-15-12-21(3)13-16-23)24(28(32)33)10-6-7-18-29-26(31)17-14-22-9-8-11-25(36-4)27(22)37-5;/h8-9,11-13,15-16,20,24H,6-7,10,14,17-19H2,1-5H3,(H,29,31)(H,32,33);/q;+1/p-1/t24-;/m0./s1. The molecule has 11 heteroatoms. The van der Waals surface area contributed by atoms with Crippen LogP contribution in [0.3, 0.4) is 0 Å². The third-order valence-electron chi connectivity index (χ3n) is 6.12. The number of methoxy groups -OCH3 is 2. The maximum Gasteiger partial charge on any atom is 1.00 e. The van der Waals surface area contributed by atoms with Crippen LogP contribution in [-0.4, -0.2) is 58.0 Å². The summed E-state index contributed by atoms with van der Waals surface area (Å²) in [5.41, 5.74) is 1.76. The van der Waals surface area contributed by atoms with Crippen LogP contribution in [-0.2, 0) is 26.0 Å². The molecule has 2 rings (SSSR count). The molecule has 0 saturated heterocycles. The number of carbonyl (C=O) groups excluding carboxylic acids is 2. The summed E-state index contributed by atoms with van der Waals surface area (Å²) in [7, 11) is -0.928. The van der Waals surface area contributed by atoms with E-state index in [1.54, 1.807) is 32.4 Å². The van der Waals surface area contributed by atoms with Crippen LogP contribution in [0.4, 0.5) is 0 Å². The third-order valence-corrected chi connectivity index (χ3v) is 8.01. The number of hydrogen-bond acceptors (Lipinski definition) is 7. The topological polar surface area (TPSA) is 125 Å². The summed E-state index contributed by atoms with van der Waals surface area (Å²) < 4.78 is 38.4. The smallest absolute Gasteiger partial charge is 0.548 e. The number of carbonyl (C=O) groups is 2.